The summed E-state index contributed by atoms with van der Waals surface area (Å²) < 4.78 is 17.6. The molecule has 0 aliphatic carbocycles. The lowest BCUT2D eigenvalue weighted by molar-refractivity contribution is -0.134. The van der Waals surface area contributed by atoms with Crippen LogP contribution in [0.15, 0.2) is 60.7 Å². The van der Waals surface area contributed by atoms with Gasteiger partial charge in [0.25, 0.3) is 11.8 Å². The van der Waals surface area contributed by atoms with Gasteiger partial charge in [0.1, 0.15) is 24.2 Å². The average Bonchev–Trinajstić information content (AvgIpc) is 2.99. The Morgan fingerprint density at radius 2 is 1.86 bits per heavy atom. The van der Waals surface area contributed by atoms with Crippen molar-refractivity contribution >= 4 is 46.6 Å². The van der Waals surface area contributed by atoms with Gasteiger partial charge in [0.2, 0.25) is 5.91 Å². The first-order chi connectivity index (χ1) is 20.2. The SMILES string of the molecule is COc1ccccc1C(=O)Nc1ccc2c(c1)C(=O)N(C)[C@H]1CC[C@@H](CC(=O)NCc3ccc(Cl)c(Cl)c3)O[C@H]1CO2. The average molecular weight is 613 g/mol. The third-order valence-corrected chi connectivity index (χ3v) is 8.25. The van der Waals surface area contributed by atoms with E-state index in [1.807, 2.05) is 6.07 Å². The first-order valence-electron chi connectivity index (χ1n) is 13.6. The van der Waals surface area contributed by atoms with Crippen LogP contribution in [0.5, 0.6) is 11.5 Å². The molecule has 3 aromatic carbocycles. The molecule has 3 atom stereocenters. The van der Waals surface area contributed by atoms with Crippen LogP contribution in [-0.2, 0) is 16.1 Å². The fraction of sp³-hybridized carbons (Fsp3) is 0.323. The van der Waals surface area contributed by atoms with Gasteiger partial charge >= 0.3 is 0 Å². The van der Waals surface area contributed by atoms with Crippen LogP contribution in [0.4, 0.5) is 5.69 Å². The van der Waals surface area contributed by atoms with Crippen molar-refractivity contribution in [1.29, 1.82) is 0 Å². The van der Waals surface area contributed by atoms with E-state index < -0.39 is 6.10 Å². The van der Waals surface area contributed by atoms with E-state index in [1.165, 1.54) is 7.11 Å². The van der Waals surface area contributed by atoms with Gasteiger partial charge in [0.05, 0.1) is 46.8 Å². The Labute approximate surface area is 254 Å². The van der Waals surface area contributed by atoms with Gasteiger partial charge in [0.15, 0.2) is 0 Å². The maximum absolute atomic E-state index is 13.6. The van der Waals surface area contributed by atoms with Crippen LogP contribution in [0.1, 0.15) is 45.5 Å². The second-order valence-electron chi connectivity index (χ2n) is 10.3. The first-order valence-corrected chi connectivity index (χ1v) is 14.3. The molecule has 42 heavy (non-hydrogen) atoms. The molecule has 3 aromatic rings. The number of rotatable bonds is 7. The van der Waals surface area contributed by atoms with E-state index in [1.54, 1.807) is 66.5 Å². The molecule has 0 bridgehead atoms. The van der Waals surface area contributed by atoms with E-state index in [0.29, 0.717) is 57.7 Å². The van der Waals surface area contributed by atoms with Gasteiger partial charge < -0.3 is 29.7 Å². The van der Waals surface area contributed by atoms with Crippen molar-refractivity contribution in [1.82, 2.24) is 10.2 Å². The maximum Gasteiger partial charge on any atom is 0.259 e. The normalized spacial score (nSPS) is 19.9. The van der Waals surface area contributed by atoms with Crippen LogP contribution in [0.25, 0.3) is 0 Å². The van der Waals surface area contributed by atoms with Crippen LogP contribution < -0.4 is 20.1 Å². The molecule has 2 aliphatic heterocycles. The standard InChI is InChI=1S/C31H31Cl2N3O6/c1-36-25-11-9-20(15-29(37)34-16-18-7-10-23(32)24(33)13-18)42-28(25)17-41-27-12-8-19(14-22(27)31(36)39)35-30(38)21-5-3-4-6-26(21)40-2/h3-8,10,12-14,20,25,28H,9,11,15-17H2,1-2H3,(H,34,37)(H,35,38)/t20-,25-,28-/m0/s1. The highest BCUT2D eigenvalue weighted by Gasteiger charge is 2.39. The molecule has 0 saturated carbocycles. The number of hydrogen-bond donors (Lipinski definition) is 2. The molecule has 2 N–H and O–H groups in total. The second-order valence-corrected chi connectivity index (χ2v) is 11.1. The number of fused-ring (bicyclic) bond motifs is 2. The van der Waals surface area contributed by atoms with Crippen LogP contribution in [0.3, 0.4) is 0 Å². The van der Waals surface area contributed by atoms with Crippen LogP contribution in [0, 0.1) is 0 Å². The number of nitrogens with zero attached hydrogens (tertiary/aromatic N) is 1. The molecule has 0 radical (unpaired) electrons. The molecule has 1 fully saturated rings. The number of methoxy groups -OCH3 is 1. The smallest absolute Gasteiger partial charge is 0.259 e. The molecule has 1 saturated heterocycles. The lowest BCUT2D eigenvalue weighted by Gasteiger charge is -2.42. The topological polar surface area (TPSA) is 106 Å². The number of anilines is 1. The highest BCUT2D eigenvalue weighted by Crippen LogP contribution is 2.33. The van der Waals surface area contributed by atoms with Gasteiger partial charge in [-0.15, -0.1) is 0 Å². The summed E-state index contributed by atoms with van der Waals surface area (Å²) in [7, 11) is 3.24. The van der Waals surface area contributed by atoms with Gasteiger partial charge in [-0.1, -0.05) is 41.4 Å². The largest absolute Gasteiger partial charge is 0.496 e. The molecule has 3 amide bonds. The minimum Gasteiger partial charge on any atom is -0.496 e. The third kappa shape index (κ3) is 6.64. The van der Waals surface area contributed by atoms with Gasteiger partial charge in [-0.25, -0.2) is 0 Å². The summed E-state index contributed by atoms with van der Waals surface area (Å²) >= 11 is 12.0. The Balaban J connectivity index is 1.22. The Morgan fingerprint density at radius 3 is 2.64 bits per heavy atom. The number of para-hydroxylation sites is 1. The second kappa shape index (κ2) is 13.0. The summed E-state index contributed by atoms with van der Waals surface area (Å²) in [6.45, 7) is 0.538. The zero-order chi connectivity index (χ0) is 29.8. The number of likely N-dealkylation sites (N-methyl/N-ethyl adjacent to an activating group) is 1. The van der Waals surface area contributed by atoms with Crippen LogP contribution in [-0.4, -0.2) is 61.6 Å². The summed E-state index contributed by atoms with van der Waals surface area (Å²) in [5.41, 5.74) is 2.03. The fourth-order valence-electron chi connectivity index (χ4n) is 5.27. The molecule has 220 valence electrons. The van der Waals surface area contributed by atoms with Gasteiger partial charge in [-0.2, -0.15) is 0 Å². The highest BCUT2D eigenvalue weighted by molar-refractivity contribution is 6.42. The summed E-state index contributed by atoms with van der Waals surface area (Å²) in [6.07, 6.45) is 0.743. The minimum atomic E-state index is -0.404. The van der Waals surface area contributed by atoms with Crippen molar-refractivity contribution in [2.75, 3.05) is 26.1 Å². The Bertz CT molecular complexity index is 1500. The van der Waals surface area contributed by atoms with Crippen molar-refractivity contribution in [3.8, 4) is 11.5 Å². The van der Waals surface area contributed by atoms with E-state index >= 15 is 0 Å². The summed E-state index contributed by atoms with van der Waals surface area (Å²) in [6, 6.07) is 16.9. The molecule has 0 aromatic heterocycles. The van der Waals surface area contributed by atoms with Crippen molar-refractivity contribution in [3.63, 3.8) is 0 Å². The molecule has 9 nitrogen and oxygen atoms in total. The number of amides is 3. The minimum absolute atomic E-state index is 0.145. The number of nitrogens with one attached hydrogen (secondary N) is 2. The number of hydrogen-bond acceptors (Lipinski definition) is 6. The molecular formula is C31H31Cl2N3O6. The van der Waals surface area contributed by atoms with Crippen LogP contribution >= 0.6 is 23.2 Å². The first kappa shape index (κ1) is 29.7. The number of carbonyl (C=O) groups excluding carboxylic acids is 3. The predicted molar refractivity (Wildman–Crippen MR) is 160 cm³/mol. The predicted octanol–water partition coefficient (Wildman–Crippen LogP) is 5.34. The van der Waals surface area contributed by atoms with E-state index in [-0.39, 0.29) is 42.9 Å². The van der Waals surface area contributed by atoms with Gasteiger partial charge in [0, 0.05) is 19.3 Å². The Morgan fingerprint density at radius 1 is 1.05 bits per heavy atom. The molecule has 5 rings (SSSR count). The zero-order valence-corrected chi connectivity index (χ0v) is 24.7. The third-order valence-electron chi connectivity index (χ3n) is 7.51. The summed E-state index contributed by atoms with van der Waals surface area (Å²) in [5, 5.41) is 6.63. The Kier molecular flexibility index (Phi) is 9.21. The van der Waals surface area contributed by atoms with E-state index in [4.69, 9.17) is 37.4 Å². The molecular weight excluding hydrogens is 581 g/mol. The van der Waals surface area contributed by atoms with Crippen molar-refractivity contribution in [2.24, 2.45) is 0 Å². The summed E-state index contributed by atoms with van der Waals surface area (Å²) in [4.78, 5) is 40.8. The Hall–Kier alpha value is -3.79. The molecule has 2 aliphatic rings. The lowest BCUT2D eigenvalue weighted by Crippen LogP contribution is -2.53. The highest BCUT2D eigenvalue weighted by atomic mass is 35.5. The molecule has 2 heterocycles. The molecule has 0 unspecified atom stereocenters. The summed E-state index contributed by atoms with van der Waals surface area (Å²) in [5.74, 6) is 0.104. The zero-order valence-electron chi connectivity index (χ0n) is 23.2. The van der Waals surface area contributed by atoms with Crippen molar-refractivity contribution in [3.05, 3.63) is 87.4 Å². The fourth-order valence-corrected chi connectivity index (χ4v) is 5.59. The number of ether oxygens (including phenoxy) is 3. The lowest BCUT2D eigenvalue weighted by atomic mass is 9.94. The van der Waals surface area contributed by atoms with E-state index in [0.717, 1.165) is 5.56 Å². The van der Waals surface area contributed by atoms with Crippen molar-refractivity contribution < 1.29 is 28.6 Å². The quantitative estimate of drug-likeness (QED) is 0.373. The number of carbonyl (C=O) groups is 3. The van der Waals surface area contributed by atoms with E-state index in [9.17, 15) is 14.4 Å². The molecule has 0 spiro atoms. The number of benzene rings is 3. The van der Waals surface area contributed by atoms with Gasteiger partial charge in [-0.05, 0) is 60.9 Å². The monoisotopic (exact) mass is 611 g/mol. The van der Waals surface area contributed by atoms with Crippen LogP contribution in [0.2, 0.25) is 10.0 Å². The number of halogens is 2. The molecule has 11 heteroatoms. The van der Waals surface area contributed by atoms with Crippen molar-refractivity contribution in [2.45, 2.75) is 44.1 Å². The van der Waals surface area contributed by atoms with Gasteiger partial charge in [-0.3, -0.25) is 14.4 Å². The van der Waals surface area contributed by atoms with E-state index in [2.05, 4.69) is 10.6 Å². The maximum atomic E-state index is 13.6.